The molecule has 0 amide bonds. The lowest BCUT2D eigenvalue weighted by molar-refractivity contribution is -0.0888. The minimum atomic E-state index is -0.396. The second-order valence-electron chi connectivity index (χ2n) is 4.94. The lowest BCUT2D eigenvalue weighted by Crippen LogP contribution is -2.24. The van der Waals surface area contributed by atoms with Gasteiger partial charge in [0, 0.05) is 7.11 Å². The number of hydrogen-bond acceptors (Lipinski definition) is 5. The fourth-order valence-corrected chi connectivity index (χ4v) is 1.93. The van der Waals surface area contributed by atoms with Gasteiger partial charge in [0.2, 0.25) is 0 Å². The van der Waals surface area contributed by atoms with Crippen molar-refractivity contribution in [3.05, 3.63) is 36.9 Å². The van der Waals surface area contributed by atoms with Crippen molar-refractivity contribution >= 4 is 0 Å². The molecule has 0 saturated carbocycles. The van der Waals surface area contributed by atoms with Crippen LogP contribution in [-0.4, -0.2) is 44.9 Å². The van der Waals surface area contributed by atoms with Crippen LogP contribution in [-0.2, 0) is 9.47 Å². The van der Waals surface area contributed by atoms with Crippen LogP contribution in [0.5, 0.6) is 11.5 Å². The minimum absolute atomic E-state index is 0.137. The highest BCUT2D eigenvalue weighted by Crippen LogP contribution is 2.18. The maximum atomic E-state index is 9.75. The van der Waals surface area contributed by atoms with E-state index in [9.17, 15) is 5.11 Å². The van der Waals surface area contributed by atoms with Crippen LogP contribution in [0, 0.1) is 0 Å². The summed E-state index contributed by atoms with van der Waals surface area (Å²) in [5.41, 5.74) is 0. The third-order valence-electron chi connectivity index (χ3n) is 3.18. The smallest absolute Gasteiger partial charge is 0.146 e. The molecule has 0 unspecified atom stereocenters. The molecule has 1 aromatic carbocycles. The number of hydrogen-bond donors (Lipinski definition) is 1. The average Bonchev–Trinajstić information content (AvgIpc) is 2.55. The van der Waals surface area contributed by atoms with E-state index in [0.717, 1.165) is 11.5 Å². The number of rotatable bonds is 12. The Morgan fingerprint density at radius 3 is 2.41 bits per heavy atom. The standard InChI is InChI=1S/C17H26O5/c1-4-5-14(18)6-7-17(22-13-19-2)12-21-16-10-8-15(20-3)9-11-16/h4,8-11,14,17-18H,1,5-7,12-13H2,2-3H3/t14-,17+/m0/s1. The Morgan fingerprint density at radius 1 is 1.14 bits per heavy atom. The van der Waals surface area contributed by atoms with Crippen LogP contribution in [0.1, 0.15) is 19.3 Å². The van der Waals surface area contributed by atoms with E-state index in [4.69, 9.17) is 18.9 Å². The second-order valence-corrected chi connectivity index (χ2v) is 4.94. The van der Waals surface area contributed by atoms with Gasteiger partial charge in [-0.25, -0.2) is 0 Å². The highest BCUT2D eigenvalue weighted by atomic mass is 16.7. The molecule has 5 heteroatoms. The van der Waals surface area contributed by atoms with Crippen molar-refractivity contribution < 1.29 is 24.1 Å². The Labute approximate surface area is 132 Å². The zero-order valence-corrected chi connectivity index (χ0v) is 13.4. The van der Waals surface area contributed by atoms with E-state index in [1.165, 1.54) is 0 Å². The molecule has 124 valence electrons. The van der Waals surface area contributed by atoms with Crippen molar-refractivity contribution in [2.24, 2.45) is 0 Å². The largest absolute Gasteiger partial charge is 0.497 e. The van der Waals surface area contributed by atoms with Crippen LogP contribution >= 0.6 is 0 Å². The van der Waals surface area contributed by atoms with E-state index in [0.29, 0.717) is 25.9 Å². The summed E-state index contributed by atoms with van der Waals surface area (Å²) >= 11 is 0. The molecule has 0 radical (unpaired) electrons. The average molecular weight is 310 g/mol. The van der Waals surface area contributed by atoms with Gasteiger partial charge in [-0.1, -0.05) is 6.08 Å². The molecule has 2 atom stereocenters. The Kier molecular flexibility index (Phi) is 9.30. The van der Waals surface area contributed by atoms with Gasteiger partial charge in [-0.2, -0.15) is 0 Å². The maximum absolute atomic E-state index is 9.75. The molecule has 0 bridgehead atoms. The quantitative estimate of drug-likeness (QED) is 0.475. The van der Waals surface area contributed by atoms with Gasteiger partial charge in [-0.15, -0.1) is 6.58 Å². The summed E-state index contributed by atoms with van der Waals surface area (Å²) < 4.78 is 21.3. The van der Waals surface area contributed by atoms with Gasteiger partial charge >= 0.3 is 0 Å². The molecule has 0 spiro atoms. The predicted octanol–water partition coefficient (Wildman–Crippen LogP) is 2.78. The minimum Gasteiger partial charge on any atom is -0.497 e. The third kappa shape index (κ3) is 7.45. The van der Waals surface area contributed by atoms with Crippen molar-refractivity contribution in [1.29, 1.82) is 0 Å². The fourth-order valence-electron chi connectivity index (χ4n) is 1.93. The van der Waals surface area contributed by atoms with Crippen LogP contribution in [0.3, 0.4) is 0 Å². The number of aliphatic hydroxyl groups is 1. The summed E-state index contributed by atoms with van der Waals surface area (Å²) in [6.45, 7) is 4.22. The van der Waals surface area contributed by atoms with Gasteiger partial charge in [0.05, 0.1) is 19.3 Å². The molecule has 1 rings (SSSR count). The second kappa shape index (κ2) is 11.1. The van der Waals surface area contributed by atoms with E-state index < -0.39 is 6.10 Å². The molecule has 0 saturated heterocycles. The Hall–Kier alpha value is -1.56. The van der Waals surface area contributed by atoms with Crippen LogP contribution in [0.25, 0.3) is 0 Å². The molecule has 1 N–H and O–H groups in total. The summed E-state index contributed by atoms with van der Waals surface area (Å²) in [5.74, 6) is 1.53. The van der Waals surface area contributed by atoms with Gasteiger partial charge in [0.15, 0.2) is 0 Å². The lowest BCUT2D eigenvalue weighted by atomic mass is 10.1. The summed E-state index contributed by atoms with van der Waals surface area (Å²) in [6, 6.07) is 7.37. The molecule has 1 aromatic rings. The number of methoxy groups -OCH3 is 2. The lowest BCUT2D eigenvalue weighted by Gasteiger charge is -2.19. The van der Waals surface area contributed by atoms with Crippen molar-refractivity contribution in [3.8, 4) is 11.5 Å². The predicted molar refractivity (Wildman–Crippen MR) is 85.3 cm³/mol. The molecule has 0 aliphatic carbocycles. The van der Waals surface area contributed by atoms with Crippen molar-refractivity contribution in [1.82, 2.24) is 0 Å². The SMILES string of the molecule is C=CC[C@H](O)CC[C@H](COc1ccc(OC)cc1)OCOC. The Morgan fingerprint density at radius 2 is 1.82 bits per heavy atom. The number of benzene rings is 1. The zero-order valence-electron chi connectivity index (χ0n) is 13.4. The third-order valence-corrected chi connectivity index (χ3v) is 3.18. The van der Waals surface area contributed by atoms with Gasteiger partial charge in [-0.05, 0) is 43.5 Å². The fraction of sp³-hybridized carbons (Fsp3) is 0.529. The van der Waals surface area contributed by atoms with E-state index in [1.807, 2.05) is 24.3 Å². The first-order valence-corrected chi connectivity index (χ1v) is 7.36. The molecule has 0 aliphatic heterocycles. The van der Waals surface area contributed by atoms with Crippen LogP contribution in [0.2, 0.25) is 0 Å². The molecule has 0 aliphatic rings. The Balaban J connectivity index is 2.43. The normalized spacial score (nSPS) is 13.4. The first-order valence-electron chi connectivity index (χ1n) is 7.36. The molecule has 0 aromatic heterocycles. The van der Waals surface area contributed by atoms with Crippen molar-refractivity contribution in [2.75, 3.05) is 27.6 Å². The molecular weight excluding hydrogens is 284 g/mol. The maximum Gasteiger partial charge on any atom is 0.146 e. The van der Waals surface area contributed by atoms with E-state index >= 15 is 0 Å². The van der Waals surface area contributed by atoms with Crippen molar-refractivity contribution in [3.63, 3.8) is 0 Å². The Bertz CT molecular complexity index is 404. The van der Waals surface area contributed by atoms with Crippen LogP contribution < -0.4 is 9.47 Å². The van der Waals surface area contributed by atoms with E-state index in [1.54, 1.807) is 20.3 Å². The number of ether oxygens (including phenoxy) is 4. The highest BCUT2D eigenvalue weighted by Gasteiger charge is 2.13. The van der Waals surface area contributed by atoms with E-state index in [2.05, 4.69) is 6.58 Å². The van der Waals surface area contributed by atoms with Gasteiger partial charge in [0.25, 0.3) is 0 Å². The summed E-state index contributed by atoms with van der Waals surface area (Å²) in [6.07, 6.45) is 3.08. The van der Waals surface area contributed by atoms with Crippen molar-refractivity contribution in [2.45, 2.75) is 31.5 Å². The van der Waals surface area contributed by atoms with Crippen LogP contribution in [0.15, 0.2) is 36.9 Å². The summed E-state index contributed by atoms with van der Waals surface area (Å²) in [7, 11) is 3.20. The first-order chi connectivity index (χ1) is 10.7. The molecule has 0 heterocycles. The topological polar surface area (TPSA) is 57.2 Å². The highest BCUT2D eigenvalue weighted by molar-refractivity contribution is 5.31. The van der Waals surface area contributed by atoms with Gasteiger partial charge < -0.3 is 24.1 Å². The monoisotopic (exact) mass is 310 g/mol. The molecule has 5 nitrogen and oxygen atoms in total. The number of aliphatic hydroxyl groups excluding tert-OH is 1. The molecular formula is C17H26O5. The zero-order chi connectivity index (χ0) is 16.2. The summed E-state index contributed by atoms with van der Waals surface area (Å²) in [5, 5.41) is 9.75. The molecule has 0 fully saturated rings. The van der Waals surface area contributed by atoms with Crippen LogP contribution in [0.4, 0.5) is 0 Å². The molecule has 22 heavy (non-hydrogen) atoms. The van der Waals surface area contributed by atoms with Gasteiger partial charge in [-0.3, -0.25) is 0 Å². The van der Waals surface area contributed by atoms with Gasteiger partial charge in [0.1, 0.15) is 24.9 Å². The van der Waals surface area contributed by atoms with E-state index in [-0.39, 0.29) is 12.9 Å². The summed E-state index contributed by atoms with van der Waals surface area (Å²) in [4.78, 5) is 0. The first kappa shape index (κ1) is 18.5.